The molecule has 0 bridgehead atoms. The summed E-state index contributed by atoms with van der Waals surface area (Å²) < 4.78 is 34.9. The minimum atomic E-state index is -3.74. The van der Waals surface area contributed by atoms with Crippen molar-refractivity contribution < 1.29 is 33.0 Å². The first-order valence-electron chi connectivity index (χ1n) is 14.4. The summed E-state index contributed by atoms with van der Waals surface area (Å²) in [6, 6.07) is 2.63. The standard InChI is InChI=1S/C30H42N2O7S3/c1-17-9-7-10-22-23(32(22)42(37,38)27-11-8-12-40-27)14-24(18(2)13-21-16-41-20(4)31-21)39-26(34)15-25(33)30(5,6)29(36)19(3)28(17)35/h8,11-13,16-17,19,22-25,28,33,35H,7,9-10,14-15H2,1-6H3/b18-13+/t17-,19+,22+,23-,24-,25-,28-,32?/m0/s1. The summed E-state index contributed by atoms with van der Waals surface area (Å²) in [5, 5.41) is 26.5. The molecule has 0 amide bonds. The van der Waals surface area contributed by atoms with Crippen molar-refractivity contribution in [3.05, 3.63) is 39.2 Å². The summed E-state index contributed by atoms with van der Waals surface area (Å²) in [7, 11) is -3.74. The number of aliphatic hydroxyl groups is 2. The van der Waals surface area contributed by atoms with Gasteiger partial charge in [-0.2, -0.15) is 4.31 Å². The average molecular weight is 639 g/mol. The molecule has 9 nitrogen and oxygen atoms in total. The molecule has 42 heavy (non-hydrogen) atoms. The van der Waals surface area contributed by atoms with Gasteiger partial charge in [0, 0.05) is 29.8 Å². The molecule has 0 aliphatic carbocycles. The number of hydrogen-bond donors (Lipinski definition) is 2. The number of ketones is 1. The third-order valence-corrected chi connectivity index (χ3v) is 12.9. The van der Waals surface area contributed by atoms with Gasteiger partial charge in [-0.1, -0.05) is 40.2 Å². The van der Waals surface area contributed by atoms with Crippen molar-refractivity contribution in [2.24, 2.45) is 17.3 Å². The maximum Gasteiger partial charge on any atom is 0.309 e. The molecule has 0 aromatic carbocycles. The first-order valence-corrected chi connectivity index (χ1v) is 17.6. The van der Waals surface area contributed by atoms with Crippen LogP contribution in [0.25, 0.3) is 6.08 Å². The maximum atomic E-state index is 13.6. The van der Waals surface area contributed by atoms with Gasteiger partial charge in [0.05, 0.1) is 34.7 Å². The number of thiophene rings is 1. The van der Waals surface area contributed by atoms with Gasteiger partial charge in [0.1, 0.15) is 16.1 Å². The van der Waals surface area contributed by atoms with E-state index < -0.39 is 52.1 Å². The number of hydrogen-bond acceptors (Lipinski definition) is 10. The van der Waals surface area contributed by atoms with Crippen molar-refractivity contribution in [1.29, 1.82) is 0 Å². The number of Topliss-reactive ketones (excluding diaryl/α,β-unsaturated/α-hetero) is 1. The van der Waals surface area contributed by atoms with Crippen LogP contribution in [0.15, 0.2) is 32.7 Å². The van der Waals surface area contributed by atoms with Crippen molar-refractivity contribution in [2.45, 2.75) is 108 Å². The van der Waals surface area contributed by atoms with Gasteiger partial charge in [0.15, 0.2) is 0 Å². The number of fused-ring (bicyclic) bond motifs is 1. The van der Waals surface area contributed by atoms with Crippen LogP contribution in [0, 0.1) is 24.2 Å². The lowest BCUT2D eigenvalue weighted by Crippen LogP contribution is -2.45. The second-order valence-corrected chi connectivity index (χ2v) is 16.4. The Balaban J connectivity index is 1.68. The maximum absolute atomic E-state index is 13.6. The van der Waals surface area contributed by atoms with E-state index in [-0.39, 0.29) is 34.4 Å². The molecule has 2 aromatic rings. The van der Waals surface area contributed by atoms with E-state index in [1.54, 1.807) is 38.3 Å². The molecule has 0 spiro atoms. The van der Waals surface area contributed by atoms with Gasteiger partial charge in [-0.25, -0.2) is 13.4 Å². The van der Waals surface area contributed by atoms with Gasteiger partial charge in [0.2, 0.25) is 0 Å². The SMILES string of the molecule is C/C(=C\c1csc(C)n1)[C@@H]1C[C@H]2[C@@H](CCC[C@H](C)[C@H](O)[C@@H](C)C(=O)C(C)(C)[C@@H](O)CC(=O)O1)N2S(=O)(=O)c1cccs1. The lowest BCUT2D eigenvalue weighted by Gasteiger charge is -2.34. The predicted molar refractivity (Wildman–Crippen MR) is 164 cm³/mol. The van der Waals surface area contributed by atoms with Crippen LogP contribution in [-0.2, 0) is 24.3 Å². The molecule has 2 aliphatic heterocycles. The number of carbonyl (C=O) groups is 2. The van der Waals surface area contributed by atoms with Crippen LogP contribution < -0.4 is 0 Å². The van der Waals surface area contributed by atoms with Crippen LogP contribution in [0.3, 0.4) is 0 Å². The Morgan fingerprint density at radius 3 is 2.50 bits per heavy atom. The second kappa shape index (κ2) is 13.0. The molecule has 4 rings (SSSR count). The highest BCUT2D eigenvalue weighted by Crippen LogP contribution is 2.44. The molecular formula is C30H42N2O7S3. The lowest BCUT2D eigenvalue weighted by molar-refractivity contribution is -0.154. The molecule has 12 heteroatoms. The fourth-order valence-electron chi connectivity index (χ4n) is 5.92. The molecule has 1 unspecified atom stereocenters. The Kier molecular flexibility index (Phi) is 10.2. The van der Waals surface area contributed by atoms with Gasteiger partial charge < -0.3 is 14.9 Å². The Morgan fingerprint density at radius 1 is 1.17 bits per heavy atom. The Morgan fingerprint density at radius 2 is 1.88 bits per heavy atom. The van der Waals surface area contributed by atoms with E-state index in [2.05, 4.69) is 4.98 Å². The van der Waals surface area contributed by atoms with Gasteiger partial charge in [-0.05, 0) is 55.7 Å². The third kappa shape index (κ3) is 7.05. The molecule has 2 saturated heterocycles. The number of carbonyl (C=O) groups excluding carboxylic acids is 2. The summed E-state index contributed by atoms with van der Waals surface area (Å²) in [4.78, 5) is 31.1. The molecule has 2 N–H and O–H groups in total. The minimum absolute atomic E-state index is 0.214. The zero-order valence-electron chi connectivity index (χ0n) is 25.0. The van der Waals surface area contributed by atoms with Crippen molar-refractivity contribution in [3.63, 3.8) is 0 Å². The summed E-state index contributed by atoms with van der Waals surface area (Å²) in [6.45, 7) is 10.4. The third-order valence-electron chi connectivity index (χ3n) is 8.78. The summed E-state index contributed by atoms with van der Waals surface area (Å²) >= 11 is 2.66. The molecular weight excluding hydrogens is 597 g/mol. The number of ether oxygens (including phenoxy) is 1. The van der Waals surface area contributed by atoms with Crippen LogP contribution >= 0.6 is 22.7 Å². The van der Waals surface area contributed by atoms with E-state index in [4.69, 9.17) is 4.74 Å². The van der Waals surface area contributed by atoms with Gasteiger partial charge in [-0.15, -0.1) is 22.7 Å². The highest BCUT2D eigenvalue weighted by atomic mass is 32.2. The van der Waals surface area contributed by atoms with E-state index in [0.29, 0.717) is 24.8 Å². The van der Waals surface area contributed by atoms with Crippen molar-refractivity contribution in [1.82, 2.24) is 9.29 Å². The van der Waals surface area contributed by atoms with E-state index in [0.717, 1.165) is 10.7 Å². The zero-order chi connectivity index (χ0) is 31.0. The average Bonchev–Trinajstić information content (AvgIpc) is 3.25. The Labute approximate surface area is 256 Å². The summed E-state index contributed by atoms with van der Waals surface area (Å²) in [5.41, 5.74) is 0.146. The molecule has 232 valence electrons. The van der Waals surface area contributed by atoms with Crippen LogP contribution in [0.2, 0.25) is 0 Å². The summed E-state index contributed by atoms with van der Waals surface area (Å²) in [6.07, 6.45) is 0.495. The second-order valence-electron chi connectivity index (χ2n) is 12.3. The van der Waals surface area contributed by atoms with Crippen molar-refractivity contribution in [3.8, 4) is 0 Å². The normalized spacial score (nSPS) is 33.6. The lowest BCUT2D eigenvalue weighted by atomic mass is 9.73. The van der Waals surface area contributed by atoms with Crippen molar-refractivity contribution in [2.75, 3.05) is 0 Å². The van der Waals surface area contributed by atoms with E-state index in [1.807, 2.05) is 32.2 Å². The quantitative estimate of drug-likeness (QED) is 0.360. The van der Waals surface area contributed by atoms with Gasteiger partial charge in [-0.3, -0.25) is 9.59 Å². The van der Waals surface area contributed by atoms with Crippen molar-refractivity contribution >= 4 is 50.5 Å². The number of rotatable bonds is 4. The number of aromatic nitrogens is 1. The molecule has 4 heterocycles. The number of nitrogens with zero attached hydrogens (tertiary/aromatic N) is 2. The van der Waals surface area contributed by atoms with Crippen LogP contribution in [-0.4, -0.2) is 70.1 Å². The van der Waals surface area contributed by atoms with Gasteiger partial charge >= 0.3 is 5.97 Å². The van der Waals surface area contributed by atoms with E-state index in [1.165, 1.54) is 27.0 Å². The molecule has 8 atom stereocenters. The summed E-state index contributed by atoms with van der Waals surface area (Å²) in [5.74, 6) is -1.98. The number of sulfonamides is 1. The molecule has 2 fully saturated rings. The highest BCUT2D eigenvalue weighted by Gasteiger charge is 2.56. The van der Waals surface area contributed by atoms with Crippen LogP contribution in [0.1, 0.15) is 77.4 Å². The Hall–Kier alpha value is -1.96. The number of aliphatic hydroxyl groups excluding tert-OH is 2. The molecule has 2 aliphatic rings. The van der Waals surface area contributed by atoms with Crippen LogP contribution in [0.4, 0.5) is 0 Å². The smallest absolute Gasteiger partial charge is 0.309 e. The Bertz CT molecular complexity index is 1400. The fourth-order valence-corrected chi connectivity index (χ4v) is 9.44. The predicted octanol–water partition coefficient (Wildman–Crippen LogP) is 4.82. The molecule has 0 radical (unpaired) electrons. The molecule has 2 aromatic heterocycles. The van der Waals surface area contributed by atoms with E-state index >= 15 is 0 Å². The highest BCUT2D eigenvalue weighted by molar-refractivity contribution is 7.91. The number of cyclic esters (lactones) is 1. The van der Waals surface area contributed by atoms with Gasteiger partial charge in [0.25, 0.3) is 10.0 Å². The topological polar surface area (TPSA) is 134 Å². The first kappa shape index (κ1) is 32.9. The van der Waals surface area contributed by atoms with Crippen LogP contribution in [0.5, 0.6) is 0 Å². The van der Waals surface area contributed by atoms with E-state index in [9.17, 15) is 28.2 Å². The number of thiazole rings is 1. The fraction of sp³-hybridized carbons (Fsp3) is 0.633. The number of aryl methyl sites for hydroxylation is 1. The number of esters is 1. The largest absolute Gasteiger partial charge is 0.458 e. The zero-order valence-corrected chi connectivity index (χ0v) is 27.5. The monoisotopic (exact) mass is 638 g/mol. The molecule has 0 saturated carbocycles. The first-order chi connectivity index (χ1) is 19.6. The minimum Gasteiger partial charge on any atom is -0.458 e.